The van der Waals surface area contributed by atoms with Gasteiger partial charge in [-0.15, -0.1) is 0 Å². The average molecular weight is 359 g/mol. The van der Waals surface area contributed by atoms with Crippen molar-refractivity contribution >= 4 is 46.3 Å². The van der Waals surface area contributed by atoms with E-state index in [1.165, 1.54) is 22.7 Å². The summed E-state index contributed by atoms with van der Waals surface area (Å²) in [7, 11) is 0. The first-order chi connectivity index (χ1) is 11.5. The number of carbonyl (C=O) groups is 2. The molecule has 0 atom stereocenters. The van der Waals surface area contributed by atoms with Crippen molar-refractivity contribution in [3.63, 3.8) is 0 Å². The maximum absolute atomic E-state index is 12.2. The zero-order chi connectivity index (χ0) is 17.3. The molecule has 122 valence electrons. The zero-order valence-electron chi connectivity index (χ0n) is 12.7. The lowest BCUT2D eigenvalue weighted by Gasteiger charge is -2.09. The Morgan fingerprint density at radius 2 is 2.08 bits per heavy atom. The summed E-state index contributed by atoms with van der Waals surface area (Å²) < 4.78 is 6.23. The van der Waals surface area contributed by atoms with Crippen LogP contribution in [0.5, 0.6) is 0 Å². The van der Waals surface area contributed by atoms with Gasteiger partial charge in [0, 0.05) is 18.2 Å². The Labute approximate surface area is 148 Å². The van der Waals surface area contributed by atoms with Crippen molar-refractivity contribution in [3.8, 4) is 11.3 Å². The summed E-state index contributed by atoms with van der Waals surface area (Å²) in [6.45, 7) is 2.39. The third-order valence-corrected chi connectivity index (χ3v) is 4.89. The Hall–Kier alpha value is -2.38. The van der Waals surface area contributed by atoms with E-state index in [1.807, 2.05) is 6.92 Å². The van der Waals surface area contributed by atoms with Gasteiger partial charge in [-0.05, 0) is 25.1 Å². The normalized spacial score (nSPS) is 16.2. The van der Waals surface area contributed by atoms with Gasteiger partial charge in [0.1, 0.15) is 15.8 Å². The van der Waals surface area contributed by atoms with Gasteiger partial charge >= 0.3 is 5.97 Å². The smallest absolute Gasteiger partial charge is 0.336 e. The van der Waals surface area contributed by atoms with Gasteiger partial charge in [-0.25, -0.2) is 4.79 Å². The largest absolute Gasteiger partial charge is 0.478 e. The van der Waals surface area contributed by atoms with Gasteiger partial charge in [-0.2, -0.15) is 0 Å². The van der Waals surface area contributed by atoms with Crippen molar-refractivity contribution in [2.24, 2.45) is 0 Å². The molecule has 0 radical (unpaired) electrons. The minimum atomic E-state index is -1.02. The molecule has 24 heavy (non-hydrogen) atoms. The monoisotopic (exact) mass is 359 g/mol. The average Bonchev–Trinajstić information content (AvgIpc) is 3.13. The summed E-state index contributed by atoms with van der Waals surface area (Å²) in [5, 5.41) is 9.26. The molecule has 1 aromatic heterocycles. The van der Waals surface area contributed by atoms with Crippen LogP contribution < -0.4 is 0 Å². The molecule has 1 aromatic carbocycles. The molecule has 0 unspecified atom stereocenters. The highest BCUT2D eigenvalue weighted by molar-refractivity contribution is 8.26. The summed E-state index contributed by atoms with van der Waals surface area (Å²) >= 11 is 6.40. The van der Waals surface area contributed by atoms with E-state index in [-0.39, 0.29) is 11.5 Å². The molecule has 1 N–H and O–H groups in total. The van der Waals surface area contributed by atoms with Crippen LogP contribution in [0.3, 0.4) is 0 Å². The maximum atomic E-state index is 12.2. The lowest BCUT2D eigenvalue weighted by molar-refractivity contribution is -0.122. The topological polar surface area (TPSA) is 70.8 Å². The number of amides is 1. The van der Waals surface area contributed by atoms with Crippen molar-refractivity contribution in [1.82, 2.24) is 4.90 Å². The molecule has 0 bridgehead atoms. The van der Waals surface area contributed by atoms with Crippen molar-refractivity contribution < 1.29 is 19.1 Å². The van der Waals surface area contributed by atoms with Gasteiger partial charge in [0.05, 0.1) is 10.5 Å². The number of thiocarbonyl (C=S) groups is 1. The van der Waals surface area contributed by atoms with Crippen LogP contribution in [0.15, 0.2) is 45.7 Å². The van der Waals surface area contributed by atoms with Crippen LogP contribution in [-0.2, 0) is 4.79 Å². The fourth-order valence-electron chi connectivity index (χ4n) is 2.36. The number of benzene rings is 1. The number of rotatable bonds is 4. The fourth-order valence-corrected chi connectivity index (χ4v) is 3.73. The number of hydrogen-bond acceptors (Lipinski definition) is 5. The Balaban J connectivity index is 1.93. The van der Waals surface area contributed by atoms with E-state index in [2.05, 4.69) is 0 Å². The summed E-state index contributed by atoms with van der Waals surface area (Å²) in [6.07, 6.45) is 1.63. The van der Waals surface area contributed by atoms with E-state index in [1.54, 1.807) is 36.4 Å². The molecule has 7 heteroatoms. The third kappa shape index (κ3) is 3.00. The second-order valence-corrected chi connectivity index (χ2v) is 6.65. The highest BCUT2D eigenvalue weighted by atomic mass is 32.2. The third-order valence-electron chi connectivity index (χ3n) is 3.51. The van der Waals surface area contributed by atoms with Crippen LogP contribution in [0.1, 0.15) is 23.0 Å². The molecule has 0 saturated carbocycles. The number of carbonyl (C=O) groups excluding carboxylic acids is 1. The molecular formula is C17H13NO4S2. The number of nitrogens with zero attached hydrogens (tertiary/aromatic N) is 1. The van der Waals surface area contributed by atoms with E-state index in [4.69, 9.17) is 16.6 Å². The molecule has 1 fully saturated rings. The number of carboxylic acid groups (broad SMARTS) is 1. The van der Waals surface area contributed by atoms with Gasteiger partial charge in [0.2, 0.25) is 0 Å². The maximum Gasteiger partial charge on any atom is 0.336 e. The lowest BCUT2D eigenvalue weighted by Crippen LogP contribution is -2.27. The summed E-state index contributed by atoms with van der Waals surface area (Å²) in [6, 6.07) is 10.00. The van der Waals surface area contributed by atoms with Gasteiger partial charge in [-0.3, -0.25) is 9.69 Å². The lowest BCUT2D eigenvalue weighted by atomic mass is 10.1. The van der Waals surface area contributed by atoms with E-state index < -0.39 is 5.97 Å². The first-order valence-electron chi connectivity index (χ1n) is 7.19. The summed E-state index contributed by atoms with van der Waals surface area (Å²) in [4.78, 5) is 25.5. The number of likely N-dealkylation sites (N-methyl/N-ethyl adjacent to an activating group) is 1. The molecule has 1 aliphatic heterocycles. The van der Waals surface area contributed by atoms with E-state index in [0.717, 1.165) is 0 Å². The predicted molar refractivity (Wildman–Crippen MR) is 96.7 cm³/mol. The van der Waals surface area contributed by atoms with Crippen LogP contribution in [0.4, 0.5) is 0 Å². The van der Waals surface area contributed by atoms with Gasteiger partial charge < -0.3 is 9.52 Å². The van der Waals surface area contributed by atoms with Crippen molar-refractivity contribution in [3.05, 3.63) is 52.6 Å². The molecule has 0 aliphatic carbocycles. The van der Waals surface area contributed by atoms with Crippen LogP contribution in [0, 0.1) is 0 Å². The molecular weight excluding hydrogens is 346 g/mol. The molecule has 3 rings (SSSR count). The Bertz CT molecular complexity index is 869. The molecule has 1 saturated heterocycles. The number of aromatic carboxylic acids is 1. The van der Waals surface area contributed by atoms with E-state index in [0.29, 0.717) is 32.9 Å². The predicted octanol–water partition coefficient (Wildman–Crippen LogP) is 3.87. The quantitative estimate of drug-likeness (QED) is 0.660. The molecule has 2 aromatic rings. The number of furan rings is 1. The molecule has 1 amide bonds. The second-order valence-electron chi connectivity index (χ2n) is 4.98. The molecule has 5 nitrogen and oxygen atoms in total. The minimum absolute atomic E-state index is 0.142. The van der Waals surface area contributed by atoms with Crippen molar-refractivity contribution in [1.29, 1.82) is 0 Å². The van der Waals surface area contributed by atoms with E-state index >= 15 is 0 Å². The number of hydrogen-bond donors (Lipinski definition) is 1. The first kappa shape index (κ1) is 16.5. The second kappa shape index (κ2) is 6.62. The Kier molecular flexibility index (Phi) is 4.55. The van der Waals surface area contributed by atoms with Crippen LogP contribution in [0.2, 0.25) is 0 Å². The van der Waals surface area contributed by atoms with E-state index in [9.17, 15) is 14.7 Å². The zero-order valence-corrected chi connectivity index (χ0v) is 14.3. The summed E-state index contributed by atoms with van der Waals surface area (Å²) in [5.74, 6) is -0.254. The van der Waals surface area contributed by atoms with Crippen LogP contribution in [-0.4, -0.2) is 32.7 Å². The van der Waals surface area contributed by atoms with Crippen molar-refractivity contribution in [2.75, 3.05) is 6.54 Å². The Morgan fingerprint density at radius 1 is 1.33 bits per heavy atom. The molecule has 1 aliphatic rings. The number of thioether (sulfide) groups is 1. The highest BCUT2D eigenvalue weighted by Crippen LogP contribution is 2.33. The first-order valence-corrected chi connectivity index (χ1v) is 8.41. The molecule has 2 heterocycles. The SMILES string of the molecule is CCN1C(=O)/C(=C/c2ccc(-c3ccccc3C(=O)O)o2)SC1=S. The van der Waals surface area contributed by atoms with Crippen LogP contribution >= 0.6 is 24.0 Å². The number of carboxylic acids is 1. The minimum Gasteiger partial charge on any atom is -0.478 e. The van der Waals surface area contributed by atoms with Gasteiger partial charge in [0.15, 0.2) is 0 Å². The highest BCUT2D eigenvalue weighted by Gasteiger charge is 2.30. The van der Waals surface area contributed by atoms with Crippen LogP contribution in [0.25, 0.3) is 17.4 Å². The Morgan fingerprint density at radius 3 is 2.75 bits per heavy atom. The van der Waals surface area contributed by atoms with Crippen molar-refractivity contribution in [2.45, 2.75) is 6.92 Å². The molecule has 0 spiro atoms. The summed E-state index contributed by atoms with van der Waals surface area (Å²) in [5.41, 5.74) is 0.654. The van der Waals surface area contributed by atoms with Gasteiger partial charge in [0.25, 0.3) is 5.91 Å². The standard InChI is InChI=1S/C17H13NO4S2/c1-2-18-15(19)14(24-17(18)23)9-10-7-8-13(22-10)11-5-3-4-6-12(11)16(20)21/h3-9H,2H2,1H3,(H,20,21)/b14-9-. The van der Waals surface area contributed by atoms with Gasteiger partial charge in [-0.1, -0.05) is 42.2 Å². The fraction of sp³-hybridized carbons (Fsp3) is 0.118.